The Kier molecular flexibility index (Phi) is 7.96. The van der Waals surface area contributed by atoms with Gasteiger partial charge in [0, 0.05) is 13.1 Å². The van der Waals surface area contributed by atoms with E-state index in [1.165, 1.54) is 29.1 Å². The summed E-state index contributed by atoms with van der Waals surface area (Å²) in [5, 5.41) is 2.96. The van der Waals surface area contributed by atoms with Crippen LogP contribution in [-0.2, 0) is 27.9 Å². The Bertz CT molecular complexity index is 1050. The molecule has 2 aromatic carbocycles. The van der Waals surface area contributed by atoms with Gasteiger partial charge in [0.15, 0.2) is 0 Å². The zero-order chi connectivity index (χ0) is 23.3. The van der Waals surface area contributed by atoms with Crippen LogP contribution in [0.25, 0.3) is 0 Å². The lowest BCUT2D eigenvalue weighted by atomic mass is 10.0. The first kappa shape index (κ1) is 24.3. The highest BCUT2D eigenvalue weighted by Crippen LogP contribution is 2.24. The minimum absolute atomic E-state index is 0.318. The Balaban J connectivity index is 1.72. The molecule has 1 aliphatic rings. The third-order valence-corrected chi connectivity index (χ3v) is 7.49. The van der Waals surface area contributed by atoms with Crippen LogP contribution < -0.4 is 9.62 Å². The second-order valence-electron chi connectivity index (χ2n) is 8.83. The SMILES string of the molecule is Cc1ccc(N([C@@H](C)C(=O)NCc2ccccc2CN2CCCCC2)S(C)(=O)=O)cc1C. The molecule has 0 unspecified atom stereocenters. The maximum Gasteiger partial charge on any atom is 0.243 e. The third-order valence-electron chi connectivity index (χ3n) is 6.25. The molecular formula is C25H35N3O3S. The van der Waals surface area contributed by atoms with Crippen LogP contribution in [0.1, 0.15) is 48.4 Å². The number of piperidine rings is 1. The largest absolute Gasteiger partial charge is 0.350 e. The highest BCUT2D eigenvalue weighted by Gasteiger charge is 2.29. The Morgan fingerprint density at radius 3 is 2.31 bits per heavy atom. The summed E-state index contributed by atoms with van der Waals surface area (Å²) in [5.41, 5.74) is 4.83. The third kappa shape index (κ3) is 6.11. The molecule has 2 aromatic rings. The van der Waals surface area contributed by atoms with Crippen LogP contribution in [0.15, 0.2) is 42.5 Å². The number of amides is 1. The van der Waals surface area contributed by atoms with E-state index in [-0.39, 0.29) is 5.91 Å². The number of hydrogen-bond acceptors (Lipinski definition) is 4. The Morgan fingerprint density at radius 1 is 1.03 bits per heavy atom. The van der Waals surface area contributed by atoms with Gasteiger partial charge in [-0.05, 0) is 81.1 Å². The number of hydrogen-bond donors (Lipinski definition) is 1. The molecule has 1 atom stereocenters. The average molecular weight is 458 g/mol. The standard InChI is InChI=1S/C25H35N3O3S/c1-19-12-13-24(16-20(19)2)28(32(4,30)31)21(3)25(29)26-17-22-10-6-7-11-23(22)18-27-14-8-5-9-15-27/h6-7,10-13,16,21H,5,8-9,14-15,17-18H2,1-4H3,(H,26,29)/t21-/m0/s1. The molecule has 0 radical (unpaired) electrons. The lowest BCUT2D eigenvalue weighted by Crippen LogP contribution is -2.47. The smallest absolute Gasteiger partial charge is 0.243 e. The van der Waals surface area contributed by atoms with E-state index in [0.29, 0.717) is 12.2 Å². The molecule has 1 amide bonds. The summed E-state index contributed by atoms with van der Waals surface area (Å²) in [4.78, 5) is 15.5. The number of aryl methyl sites for hydroxylation is 2. The van der Waals surface area contributed by atoms with Gasteiger partial charge in [0.2, 0.25) is 15.9 Å². The van der Waals surface area contributed by atoms with Gasteiger partial charge in [0.1, 0.15) is 6.04 Å². The predicted octanol–water partition coefficient (Wildman–Crippen LogP) is 3.76. The molecule has 1 fully saturated rings. The predicted molar refractivity (Wildman–Crippen MR) is 130 cm³/mol. The fourth-order valence-corrected chi connectivity index (χ4v) is 5.41. The minimum atomic E-state index is -3.64. The van der Waals surface area contributed by atoms with Gasteiger partial charge in [-0.25, -0.2) is 8.42 Å². The quantitative estimate of drug-likeness (QED) is 0.655. The van der Waals surface area contributed by atoms with Crippen molar-refractivity contribution in [2.75, 3.05) is 23.7 Å². The highest BCUT2D eigenvalue weighted by atomic mass is 32.2. The van der Waals surface area contributed by atoms with Gasteiger partial charge < -0.3 is 5.32 Å². The first-order chi connectivity index (χ1) is 15.2. The molecule has 3 rings (SSSR count). The van der Waals surface area contributed by atoms with Gasteiger partial charge in [-0.15, -0.1) is 0 Å². The van der Waals surface area contributed by atoms with Crippen molar-refractivity contribution in [1.29, 1.82) is 0 Å². The number of benzene rings is 2. The first-order valence-electron chi connectivity index (χ1n) is 11.3. The number of nitrogens with zero attached hydrogens (tertiary/aromatic N) is 2. The molecule has 32 heavy (non-hydrogen) atoms. The molecule has 7 heteroatoms. The second kappa shape index (κ2) is 10.5. The molecule has 1 saturated heterocycles. The summed E-state index contributed by atoms with van der Waals surface area (Å²) in [5.74, 6) is -0.318. The molecule has 0 aliphatic carbocycles. The summed E-state index contributed by atoms with van der Waals surface area (Å²) < 4.78 is 26.3. The molecular weight excluding hydrogens is 422 g/mol. The summed E-state index contributed by atoms with van der Waals surface area (Å²) in [6.45, 7) is 9.00. The van der Waals surface area contributed by atoms with Crippen LogP contribution in [0.4, 0.5) is 5.69 Å². The number of carbonyl (C=O) groups is 1. The Morgan fingerprint density at radius 2 is 1.69 bits per heavy atom. The van der Waals surface area contributed by atoms with Crippen molar-refractivity contribution >= 4 is 21.6 Å². The van der Waals surface area contributed by atoms with Crippen molar-refractivity contribution < 1.29 is 13.2 Å². The number of anilines is 1. The highest BCUT2D eigenvalue weighted by molar-refractivity contribution is 7.92. The van der Waals surface area contributed by atoms with Gasteiger partial charge in [0.05, 0.1) is 11.9 Å². The van der Waals surface area contributed by atoms with Crippen molar-refractivity contribution in [3.8, 4) is 0 Å². The van der Waals surface area contributed by atoms with E-state index in [1.807, 2.05) is 44.2 Å². The summed E-state index contributed by atoms with van der Waals surface area (Å²) in [7, 11) is -3.64. The zero-order valence-corrected chi connectivity index (χ0v) is 20.4. The Hall–Kier alpha value is -2.38. The van der Waals surface area contributed by atoms with Gasteiger partial charge in [-0.2, -0.15) is 0 Å². The second-order valence-corrected chi connectivity index (χ2v) is 10.7. The number of carbonyl (C=O) groups excluding carboxylic acids is 1. The fourth-order valence-electron chi connectivity index (χ4n) is 4.24. The topological polar surface area (TPSA) is 69.7 Å². The van der Waals surface area contributed by atoms with Crippen molar-refractivity contribution in [1.82, 2.24) is 10.2 Å². The van der Waals surface area contributed by atoms with Crippen molar-refractivity contribution in [2.24, 2.45) is 0 Å². The maximum absolute atomic E-state index is 13.0. The van der Waals surface area contributed by atoms with Crippen LogP contribution in [0.5, 0.6) is 0 Å². The lowest BCUT2D eigenvalue weighted by Gasteiger charge is -2.29. The molecule has 174 valence electrons. The molecule has 1 heterocycles. The molecule has 1 N–H and O–H groups in total. The average Bonchev–Trinajstić information content (AvgIpc) is 2.75. The van der Waals surface area contributed by atoms with Gasteiger partial charge in [0.25, 0.3) is 0 Å². The van der Waals surface area contributed by atoms with Crippen molar-refractivity contribution in [2.45, 2.75) is 59.2 Å². The van der Waals surface area contributed by atoms with Crippen LogP contribution >= 0.6 is 0 Å². The molecule has 1 aliphatic heterocycles. The van der Waals surface area contributed by atoms with Crippen LogP contribution in [0.3, 0.4) is 0 Å². The van der Waals surface area contributed by atoms with Crippen LogP contribution in [0.2, 0.25) is 0 Å². The van der Waals surface area contributed by atoms with E-state index >= 15 is 0 Å². The number of likely N-dealkylation sites (tertiary alicyclic amines) is 1. The maximum atomic E-state index is 13.0. The van der Waals surface area contributed by atoms with E-state index in [0.717, 1.165) is 42.6 Å². The van der Waals surface area contributed by atoms with E-state index in [2.05, 4.69) is 16.3 Å². The first-order valence-corrected chi connectivity index (χ1v) is 13.1. The molecule has 0 spiro atoms. The Labute approximate surface area is 192 Å². The van der Waals surface area contributed by atoms with E-state index < -0.39 is 16.1 Å². The normalized spacial score (nSPS) is 15.9. The van der Waals surface area contributed by atoms with E-state index in [4.69, 9.17) is 0 Å². The van der Waals surface area contributed by atoms with Crippen molar-refractivity contribution in [3.05, 3.63) is 64.7 Å². The van der Waals surface area contributed by atoms with Gasteiger partial charge in [-0.3, -0.25) is 14.0 Å². The number of rotatable bonds is 8. The van der Waals surface area contributed by atoms with Crippen molar-refractivity contribution in [3.63, 3.8) is 0 Å². The molecule has 0 saturated carbocycles. The lowest BCUT2D eigenvalue weighted by molar-refractivity contribution is -0.122. The number of sulfonamides is 1. The molecule has 0 bridgehead atoms. The number of nitrogens with one attached hydrogen (secondary N) is 1. The molecule has 6 nitrogen and oxygen atoms in total. The fraction of sp³-hybridized carbons (Fsp3) is 0.480. The van der Waals surface area contributed by atoms with Crippen LogP contribution in [0, 0.1) is 13.8 Å². The van der Waals surface area contributed by atoms with Gasteiger partial charge in [-0.1, -0.05) is 36.8 Å². The molecule has 0 aromatic heterocycles. The summed E-state index contributed by atoms with van der Waals surface area (Å²) >= 11 is 0. The van der Waals surface area contributed by atoms with Gasteiger partial charge >= 0.3 is 0 Å². The van der Waals surface area contributed by atoms with E-state index in [9.17, 15) is 13.2 Å². The van der Waals surface area contributed by atoms with E-state index in [1.54, 1.807) is 13.0 Å². The summed E-state index contributed by atoms with van der Waals surface area (Å²) in [6, 6.07) is 12.7. The van der Waals surface area contributed by atoms with Crippen LogP contribution in [-0.4, -0.2) is 44.6 Å². The minimum Gasteiger partial charge on any atom is -0.350 e. The summed E-state index contributed by atoms with van der Waals surface area (Å²) in [6.07, 6.45) is 4.90. The zero-order valence-electron chi connectivity index (χ0n) is 19.6. The monoisotopic (exact) mass is 457 g/mol.